The number of aromatic carboxylic acids is 1. The van der Waals surface area contributed by atoms with Crippen LogP contribution in [0.1, 0.15) is 93.9 Å². The van der Waals surface area contributed by atoms with E-state index in [2.05, 4.69) is 10.2 Å². The van der Waals surface area contributed by atoms with E-state index in [0.717, 1.165) is 19.2 Å². The first-order valence-corrected chi connectivity index (χ1v) is 15.0. The molecule has 0 atom stereocenters. The van der Waals surface area contributed by atoms with Crippen molar-refractivity contribution < 1.29 is 61.2 Å². The molecule has 4 heterocycles. The zero-order valence-corrected chi connectivity index (χ0v) is 27.9. The Morgan fingerprint density at radius 1 is 0.729 bits per heavy atom. The number of carboxylic acids is 1. The third kappa shape index (κ3) is 7.99. The van der Waals surface area contributed by atoms with E-state index < -0.39 is 82.7 Å². The largest absolute Gasteiger partial charge is 0.477 e. The maximum absolute atomic E-state index is 14.0. The van der Waals surface area contributed by atoms with Gasteiger partial charge in [-0.1, -0.05) is 6.92 Å². The van der Waals surface area contributed by atoms with Crippen molar-refractivity contribution in [3.63, 3.8) is 0 Å². The first kappa shape index (κ1) is 38.0. The van der Waals surface area contributed by atoms with Crippen LogP contribution in [0.2, 0.25) is 0 Å². The topological polar surface area (TPSA) is 179 Å². The number of fused-ring (bicyclic) bond motifs is 2. The zero-order valence-electron chi connectivity index (χ0n) is 27.9. The van der Waals surface area contributed by atoms with Gasteiger partial charge in [0.2, 0.25) is 0 Å². The first-order chi connectivity index (χ1) is 22.0. The van der Waals surface area contributed by atoms with E-state index in [1.165, 1.54) is 13.8 Å². The highest BCUT2D eigenvalue weighted by molar-refractivity contribution is 6.02. The van der Waals surface area contributed by atoms with Crippen LogP contribution in [0.4, 0.5) is 38.8 Å². The molecule has 48 heavy (non-hydrogen) atoms. The molecule has 0 bridgehead atoms. The molecule has 15 nitrogen and oxygen atoms in total. The molecule has 2 amide bonds. The van der Waals surface area contributed by atoms with E-state index in [0.29, 0.717) is 0 Å². The molecule has 0 saturated heterocycles. The average Bonchev–Trinajstić information content (AvgIpc) is 3.71. The fourth-order valence-corrected chi connectivity index (χ4v) is 4.70. The highest BCUT2D eigenvalue weighted by Gasteiger charge is 2.46. The number of aromatic nitrogens is 4. The Morgan fingerprint density at radius 3 is 1.50 bits per heavy atom. The van der Waals surface area contributed by atoms with Crippen molar-refractivity contribution in [2.24, 2.45) is 0 Å². The summed E-state index contributed by atoms with van der Waals surface area (Å²) in [4.78, 5) is 50.4. The number of alkyl halides is 4. The van der Waals surface area contributed by atoms with Gasteiger partial charge in [0.05, 0.1) is 32.8 Å². The minimum Gasteiger partial charge on any atom is -0.477 e. The molecule has 0 radical (unpaired) electrons. The molecule has 19 heteroatoms. The van der Waals surface area contributed by atoms with Crippen LogP contribution in [0.5, 0.6) is 0 Å². The number of carbonyl (C=O) groups is 4. The first-order valence-electron chi connectivity index (χ1n) is 15.0. The summed E-state index contributed by atoms with van der Waals surface area (Å²) in [6, 6.07) is 0. The van der Waals surface area contributed by atoms with E-state index in [1.807, 2.05) is 0 Å². The number of hydrogen-bond acceptors (Lipinski definition) is 10. The van der Waals surface area contributed by atoms with Crippen LogP contribution < -0.4 is 9.80 Å². The number of aliphatic hydroxyl groups excluding tert-OH is 1. The minimum atomic E-state index is -3.75. The van der Waals surface area contributed by atoms with Crippen molar-refractivity contribution in [3.05, 3.63) is 22.5 Å². The van der Waals surface area contributed by atoms with E-state index in [4.69, 9.17) is 19.3 Å². The number of esters is 1. The number of ether oxygens (including phenoxy) is 3. The van der Waals surface area contributed by atoms with Gasteiger partial charge < -0.3 is 24.4 Å². The van der Waals surface area contributed by atoms with Crippen LogP contribution in [0.15, 0.2) is 0 Å². The molecule has 2 aliphatic heterocycles. The van der Waals surface area contributed by atoms with Crippen molar-refractivity contribution >= 4 is 35.8 Å². The third-order valence-electron chi connectivity index (χ3n) is 6.69. The lowest BCUT2D eigenvalue weighted by molar-refractivity contribution is -0.0605. The molecule has 2 N–H and O–H groups in total. The van der Waals surface area contributed by atoms with Gasteiger partial charge in [-0.25, -0.2) is 28.5 Å². The predicted molar refractivity (Wildman–Crippen MR) is 160 cm³/mol. The molecular formula is C29H40F4N6O9. The number of carboxylic acid groups (broad SMARTS) is 1. The van der Waals surface area contributed by atoms with E-state index in [9.17, 15) is 41.8 Å². The quantitative estimate of drug-likeness (QED) is 0.233. The second kappa shape index (κ2) is 13.6. The van der Waals surface area contributed by atoms with E-state index >= 15 is 0 Å². The minimum absolute atomic E-state index is 0.0416. The second-order valence-electron chi connectivity index (χ2n) is 12.8. The molecule has 4 rings (SSSR count). The Labute approximate surface area is 273 Å². The van der Waals surface area contributed by atoms with E-state index in [-0.39, 0.29) is 44.4 Å². The standard InChI is InChI=1S/C15H21F2N3O5.C14H19F2N3O4/c1-5-24-12(22)9-10(15(16,17)8-21)18-20-7-6-19(11(9)20)13(23)25-14(2,3)4;1-5-14(15,16)9-8(11(20)21)10-18(6-7-19(10)17-9)12(22)23-13(2,3)4/h21H,5-8H2,1-4H3;5-7H2,1-4H3,(H,20,21). The molecular weight excluding hydrogens is 652 g/mol. The number of aliphatic hydroxyl groups is 1. The number of rotatable bonds is 7. The lowest BCUT2D eigenvalue weighted by atomic mass is 10.1. The van der Waals surface area contributed by atoms with Gasteiger partial charge in [-0.3, -0.25) is 9.80 Å². The van der Waals surface area contributed by atoms with Crippen molar-refractivity contribution in [2.45, 2.75) is 97.9 Å². The van der Waals surface area contributed by atoms with Gasteiger partial charge in [0.1, 0.15) is 34.6 Å². The van der Waals surface area contributed by atoms with Crippen molar-refractivity contribution in [1.82, 2.24) is 19.6 Å². The Morgan fingerprint density at radius 2 is 1.15 bits per heavy atom. The lowest BCUT2D eigenvalue weighted by Gasteiger charge is -2.24. The van der Waals surface area contributed by atoms with Crippen LogP contribution in [-0.2, 0) is 39.1 Å². The van der Waals surface area contributed by atoms with Gasteiger partial charge >= 0.3 is 30.0 Å². The maximum atomic E-state index is 14.0. The van der Waals surface area contributed by atoms with Gasteiger partial charge in [-0.05, 0) is 48.5 Å². The molecule has 0 aromatic carbocycles. The number of nitrogens with zero attached hydrogens (tertiary/aromatic N) is 6. The smallest absolute Gasteiger partial charge is 0.416 e. The van der Waals surface area contributed by atoms with Crippen LogP contribution in [0, 0.1) is 0 Å². The SMILES string of the molecule is CCC(F)(F)c1nn2c(c1C(=O)O)N(C(=O)OC(C)(C)C)CC2.CCOC(=O)c1c(C(F)(F)CO)nn2c1N(C(=O)OC(C)(C)C)CC2. The Bertz CT molecular complexity index is 1560. The molecule has 0 spiro atoms. The van der Waals surface area contributed by atoms with Crippen LogP contribution in [0.3, 0.4) is 0 Å². The molecule has 268 valence electrons. The van der Waals surface area contributed by atoms with Crippen molar-refractivity contribution in [3.8, 4) is 0 Å². The Balaban J connectivity index is 0.000000261. The molecule has 2 aliphatic rings. The van der Waals surface area contributed by atoms with Gasteiger partial charge in [0, 0.05) is 6.42 Å². The summed E-state index contributed by atoms with van der Waals surface area (Å²) < 4.78 is 73.6. The number of carbonyl (C=O) groups excluding carboxylic acids is 3. The molecule has 0 fully saturated rings. The van der Waals surface area contributed by atoms with Crippen LogP contribution in [-0.4, -0.2) is 91.4 Å². The van der Waals surface area contributed by atoms with Gasteiger partial charge in [-0.15, -0.1) is 0 Å². The van der Waals surface area contributed by atoms with Crippen molar-refractivity contribution in [1.29, 1.82) is 0 Å². The fourth-order valence-electron chi connectivity index (χ4n) is 4.70. The number of anilines is 2. The maximum Gasteiger partial charge on any atom is 0.416 e. The highest BCUT2D eigenvalue weighted by Crippen LogP contribution is 2.40. The van der Waals surface area contributed by atoms with Gasteiger partial charge in [-0.2, -0.15) is 27.8 Å². The molecule has 0 unspecified atom stereocenters. The second-order valence-corrected chi connectivity index (χ2v) is 12.8. The monoisotopic (exact) mass is 692 g/mol. The lowest BCUT2D eigenvalue weighted by Crippen LogP contribution is -2.36. The van der Waals surface area contributed by atoms with Crippen LogP contribution in [0.25, 0.3) is 0 Å². The highest BCUT2D eigenvalue weighted by atomic mass is 19.3. The normalized spacial score (nSPS) is 14.6. The van der Waals surface area contributed by atoms with E-state index in [1.54, 1.807) is 41.5 Å². The number of amides is 2. The third-order valence-corrected chi connectivity index (χ3v) is 6.69. The van der Waals surface area contributed by atoms with Gasteiger partial charge in [0.25, 0.3) is 5.92 Å². The summed E-state index contributed by atoms with van der Waals surface area (Å²) in [5.74, 6) is -10.00. The molecule has 2 aromatic heterocycles. The summed E-state index contributed by atoms with van der Waals surface area (Å²) in [5.41, 5.74) is -4.52. The zero-order chi connectivity index (χ0) is 36.6. The Hall–Kier alpha value is -4.42. The summed E-state index contributed by atoms with van der Waals surface area (Å²) >= 11 is 0. The summed E-state index contributed by atoms with van der Waals surface area (Å²) in [6.07, 6.45) is -2.16. The molecule has 0 saturated carbocycles. The fraction of sp³-hybridized carbons (Fsp3) is 0.655. The summed E-state index contributed by atoms with van der Waals surface area (Å²) in [7, 11) is 0. The van der Waals surface area contributed by atoms with Crippen molar-refractivity contribution in [2.75, 3.05) is 36.1 Å². The average molecular weight is 693 g/mol. The molecule has 0 aliphatic carbocycles. The molecule has 2 aromatic rings. The number of halogens is 4. The Kier molecular flexibility index (Phi) is 10.8. The summed E-state index contributed by atoms with van der Waals surface area (Å²) in [5, 5.41) is 25.7. The predicted octanol–water partition coefficient (Wildman–Crippen LogP) is 4.74. The van der Waals surface area contributed by atoms with Gasteiger partial charge in [0.15, 0.2) is 17.3 Å². The number of hydrogen-bond donors (Lipinski definition) is 2. The van der Waals surface area contributed by atoms with Crippen LogP contribution >= 0.6 is 0 Å². The summed E-state index contributed by atoms with van der Waals surface area (Å²) in [6.45, 7) is 11.6.